The predicted octanol–water partition coefficient (Wildman–Crippen LogP) is 4.69. The number of hydrogen-bond acceptors (Lipinski definition) is 3. The van der Waals surface area contributed by atoms with Crippen LogP contribution in [0.2, 0.25) is 5.02 Å². The lowest BCUT2D eigenvalue weighted by molar-refractivity contribution is 0.102. The third-order valence-electron chi connectivity index (χ3n) is 4.36. The highest BCUT2D eigenvalue weighted by atomic mass is 35.5. The summed E-state index contributed by atoms with van der Waals surface area (Å²) in [5, 5.41) is 8.69. The molecular weight excluding hydrogens is 360 g/mol. The van der Waals surface area contributed by atoms with E-state index in [1.807, 2.05) is 48.0 Å². The first-order chi connectivity index (χ1) is 13.1. The van der Waals surface area contributed by atoms with Gasteiger partial charge in [0.25, 0.3) is 5.91 Å². The van der Waals surface area contributed by atoms with Crippen LogP contribution in [0.25, 0.3) is 11.0 Å². The summed E-state index contributed by atoms with van der Waals surface area (Å²) < 4.78 is 1.83. The van der Waals surface area contributed by atoms with Crippen molar-refractivity contribution in [3.05, 3.63) is 88.7 Å². The number of carbonyl (C=O) groups excluding carboxylic acids is 1. The number of amides is 1. The number of fused-ring (bicyclic) bond motifs is 1. The number of halogens is 1. The first kappa shape index (κ1) is 17.2. The molecule has 1 amide bonds. The minimum atomic E-state index is -0.231. The van der Waals surface area contributed by atoms with E-state index in [0.29, 0.717) is 22.8 Å². The molecule has 0 radical (unpaired) electrons. The lowest BCUT2D eigenvalue weighted by Crippen LogP contribution is -2.13. The first-order valence-corrected chi connectivity index (χ1v) is 8.91. The third-order valence-corrected chi connectivity index (χ3v) is 4.60. The third kappa shape index (κ3) is 3.68. The molecule has 1 N–H and O–H groups in total. The number of carbonyl (C=O) groups is 1. The van der Waals surface area contributed by atoms with Crippen molar-refractivity contribution in [1.29, 1.82) is 0 Å². The molecule has 0 aliphatic heterocycles. The lowest BCUT2D eigenvalue weighted by atomic mass is 10.1. The standard InChI is InChI=1S/C21H17ClN4O/c1-14-7-8-18(22)10-19(14)25-21(27)17-9-16-12-24-26(20(16)23-11-17)13-15-5-3-2-4-6-15/h2-12H,13H2,1H3,(H,25,27). The Labute approximate surface area is 161 Å². The van der Waals surface area contributed by atoms with Gasteiger partial charge in [0.15, 0.2) is 5.65 Å². The summed E-state index contributed by atoms with van der Waals surface area (Å²) in [6, 6.07) is 17.3. The predicted molar refractivity (Wildman–Crippen MR) is 107 cm³/mol. The SMILES string of the molecule is Cc1ccc(Cl)cc1NC(=O)c1cnc2c(cnn2Cc2ccccc2)c1. The summed E-state index contributed by atoms with van der Waals surface area (Å²) in [4.78, 5) is 17.1. The maximum absolute atomic E-state index is 12.6. The molecule has 134 valence electrons. The fourth-order valence-corrected chi connectivity index (χ4v) is 3.06. The maximum atomic E-state index is 12.6. The van der Waals surface area contributed by atoms with Crippen LogP contribution in [0.1, 0.15) is 21.5 Å². The Morgan fingerprint density at radius 1 is 1.11 bits per heavy atom. The van der Waals surface area contributed by atoms with E-state index in [1.165, 1.54) is 0 Å². The van der Waals surface area contributed by atoms with Gasteiger partial charge in [-0.3, -0.25) is 4.79 Å². The van der Waals surface area contributed by atoms with Gasteiger partial charge in [-0.15, -0.1) is 0 Å². The molecule has 5 nitrogen and oxygen atoms in total. The highest BCUT2D eigenvalue weighted by Crippen LogP contribution is 2.21. The van der Waals surface area contributed by atoms with Crippen LogP contribution < -0.4 is 5.32 Å². The molecule has 2 aromatic carbocycles. The topological polar surface area (TPSA) is 59.8 Å². The molecule has 0 aliphatic carbocycles. The second-order valence-corrected chi connectivity index (χ2v) is 6.77. The van der Waals surface area contributed by atoms with Gasteiger partial charge in [0.1, 0.15) is 0 Å². The number of pyridine rings is 1. The van der Waals surface area contributed by atoms with Crippen molar-refractivity contribution in [2.45, 2.75) is 13.5 Å². The molecule has 2 aromatic heterocycles. The Bertz CT molecular complexity index is 1120. The Balaban J connectivity index is 1.58. The van der Waals surface area contributed by atoms with Gasteiger partial charge in [-0.25, -0.2) is 9.67 Å². The fraction of sp³-hybridized carbons (Fsp3) is 0.0952. The maximum Gasteiger partial charge on any atom is 0.257 e. The molecule has 0 fully saturated rings. The summed E-state index contributed by atoms with van der Waals surface area (Å²) >= 11 is 6.02. The molecule has 4 rings (SSSR count). The number of rotatable bonds is 4. The van der Waals surface area contributed by atoms with Gasteiger partial charge >= 0.3 is 0 Å². The number of aryl methyl sites for hydroxylation is 1. The Kier molecular flexibility index (Phi) is 4.60. The molecule has 0 unspecified atom stereocenters. The monoisotopic (exact) mass is 376 g/mol. The van der Waals surface area contributed by atoms with Gasteiger partial charge in [0.2, 0.25) is 0 Å². The lowest BCUT2D eigenvalue weighted by Gasteiger charge is -2.09. The summed E-state index contributed by atoms with van der Waals surface area (Å²) in [6.07, 6.45) is 3.30. The average Bonchev–Trinajstić information content (AvgIpc) is 3.07. The van der Waals surface area contributed by atoms with Gasteiger partial charge in [0.05, 0.1) is 18.3 Å². The van der Waals surface area contributed by atoms with Crippen molar-refractivity contribution >= 4 is 34.2 Å². The van der Waals surface area contributed by atoms with Crippen molar-refractivity contribution in [3.63, 3.8) is 0 Å². The van der Waals surface area contributed by atoms with Crippen LogP contribution in [0.15, 0.2) is 67.0 Å². The Morgan fingerprint density at radius 3 is 2.74 bits per heavy atom. The van der Waals surface area contributed by atoms with E-state index in [0.717, 1.165) is 22.2 Å². The van der Waals surface area contributed by atoms with Crippen LogP contribution in [0.3, 0.4) is 0 Å². The average molecular weight is 377 g/mol. The minimum absolute atomic E-state index is 0.231. The largest absolute Gasteiger partial charge is 0.322 e. The van der Waals surface area contributed by atoms with Crippen LogP contribution in [0, 0.1) is 6.92 Å². The molecule has 0 atom stereocenters. The molecule has 4 aromatic rings. The van der Waals surface area contributed by atoms with Crippen LogP contribution in [0.4, 0.5) is 5.69 Å². The van der Waals surface area contributed by atoms with E-state index >= 15 is 0 Å². The zero-order valence-electron chi connectivity index (χ0n) is 14.7. The zero-order valence-corrected chi connectivity index (χ0v) is 15.4. The Morgan fingerprint density at radius 2 is 1.93 bits per heavy atom. The van der Waals surface area contributed by atoms with E-state index in [-0.39, 0.29) is 5.91 Å². The van der Waals surface area contributed by atoms with E-state index in [4.69, 9.17) is 11.6 Å². The summed E-state index contributed by atoms with van der Waals surface area (Å²) in [5.74, 6) is -0.231. The summed E-state index contributed by atoms with van der Waals surface area (Å²) in [5.41, 5.74) is 3.99. The fourth-order valence-electron chi connectivity index (χ4n) is 2.89. The van der Waals surface area contributed by atoms with E-state index in [2.05, 4.69) is 15.4 Å². The minimum Gasteiger partial charge on any atom is -0.322 e. The molecule has 6 heteroatoms. The molecule has 0 saturated heterocycles. The van der Waals surface area contributed by atoms with E-state index in [9.17, 15) is 4.79 Å². The normalized spacial score (nSPS) is 10.9. The molecular formula is C21H17ClN4O. The van der Waals surface area contributed by atoms with Crippen molar-refractivity contribution in [1.82, 2.24) is 14.8 Å². The second-order valence-electron chi connectivity index (χ2n) is 6.34. The number of nitrogens with zero attached hydrogens (tertiary/aromatic N) is 3. The smallest absolute Gasteiger partial charge is 0.257 e. The van der Waals surface area contributed by atoms with Gasteiger partial charge in [-0.2, -0.15) is 5.10 Å². The number of nitrogens with one attached hydrogen (secondary N) is 1. The van der Waals surface area contributed by atoms with E-state index < -0.39 is 0 Å². The van der Waals surface area contributed by atoms with Gasteiger partial charge in [0, 0.05) is 22.3 Å². The second kappa shape index (κ2) is 7.21. The summed E-state index contributed by atoms with van der Waals surface area (Å²) in [6.45, 7) is 2.55. The molecule has 0 saturated carbocycles. The van der Waals surface area contributed by atoms with Gasteiger partial charge < -0.3 is 5.32 Å². The number of benzene rings is 2. The molecule has 27 heavy (non-hydrogen) atoms. The van der Waals surface area contributed by atoms with Gasteiger partial charge in [-0.05, 0) is 36.2 Å². The molecule has 0 bridgehead atoms. The van der Waals surface area contributed by atoms with Crippen LogP contribution >= 0.6 is 11.6 Å². The number of aromatic nitrogens is 3. The van der Waals surface area contributed by atoms with Crippen LogP contribution in [0.5, 0.6) is 0 Å². The van der Waals surface area contributed by atoms with Crippen molar-refractivity contribution in [3.8, 4) is 0 Å². The van der Waals surface area contributed by atoms with Gasteiger partial charge in [-0.1, -0.05) is 48.0 Å². The number of hydrogen-bond donors (Lipinski definition) is 1. The van der Waals surface area contributed by atoms with Crippen molar-refractivity contribution < 1.29 is 4.79 Å². The molecule has 0 spiro atoms. The van der Waals surface area contributed by atoms with Crippen LogP contribution in [-0.2, 0) is 6.54 Å². The van der Waals surface area contributed by atoms with Crippen molar-refractivity contribution in [2.75, 3.05) is 5.32 Å². The van der Waals surface area contributed by atoms with Crippen LogP contribution in [-0.4, -0.2) is 20.7 Å². The first-order valence-electron chi connectivity index (χ1n) is 8.53. The highest BCUT2D eigenvalue weighted by molar-refractivity contribution is 6.31. The highest BCUT2D eigenvalue weighted by Gasteiger charge is 2.12. The quantitative estimate of drug-likeness (QED) is 0.562. The Hall–Kier alpha value is -3.18. The summed E-state index contributed by atoms with van der Waals surface area (Å²) in [7, 11) is 0. The molecule has 0 aliphatic rings. The zero-order chi connectivity index (χ0) is 18.8. The number of anilines is 1. The van der Waals surface area contributed by atoms with Crippen molar-refractivity contribution in [2.24, 2.45) is 0 Å². The van der Waals surface area contributed by atoms with E-state index in [1.54, 1.807) is 30.6 Å². The molecule has 2 heterocycles.